The summed E-state index contributed by atoms with van der Waals surface area (Å²) in [6.07, 6.45) is 18.7. The summed E-state index contributed by atoms with van der Waals surface area (Å²) < 4.78 is 10.9. The second-order valence-electron chi connectivity index (χ2n) is 11.0. The molecule has 5 heteroatoms. The van der Waals surface area contributed by atoms with E-state index in [-0.39, 0.29) is 5.97 Å². The Morgan fingerprint density at radius 3 is 1.69 bits per heavy atom. The van der Waals surface area contributed by atoms with Crippen LogP contribution < -0.4 is 9.47 Å². The molecule has 3 aromatic rings. The molecule has 0 saturated heterocycles. The number of carbonyl (C=O) groups is 2. The maximum absolute atomic E-state index is 12.6. The second-order valence-corrected chi connectivity index (χ2v) is 11.0. The lowest BCUT2D eigenvalue weighted by Gasteiger charge is -2.07. The van der Waals surface area contributed by atoms with Gasteiger partial charge < -0.3 is 9.47 Å². The number of esters is 2. The minimum Gasteiger partial charge on any atom is -0.427 e. The lowest BCUT2D eigenvalue weighted by Crippen LogP contribution is -2.10. The van der Waals surface area contributed by atoms with E-state index in [0.29, 0.717) is 23.5 Å². The van der Waals surface area contributed by atoms with Gasteiger partial charge in [0.05, 0.1) is 11.3 Å². The van der Waals surface area contributed by atoms with Crippen LogP contribution in [0.3, 0.4) is 0 Å². The van der Waals surface area contributed by atoms with Gasteiger partial charge in [-0.15, -0.1) is 0 Å². The Hall–Kier alpha value is -3.73. The number of hydrogen-bond acceptors (Lipinski definition) is 5. The van der Waals surface area contributed by atoms with Gasteiger partial charge in [-0.1, -0.05) is 102 Å². The maximum Gasteiger partial charge on any atom is 0.343 e. The summed E-state index contributed by atoms with van der Waals surface area (Å²) in [5, 5.41) is 0. The number of nitrogens with zero attached hydrogens (tertiary/aromatic N) is 1. The third-order valence-electron chi connectivity index (χ3n) is 7.29. The first-order valence-electron chi connectivity index (χ1n) is 15.8. The number of hydrogen-bond donors (Lipinski definition) is 0. The quantitative estimate of drug-likeness (QED) is 0.0623. The maximum atomic E-state index is 12.6. The highest BCUT2D eigenvalue weighted by Crippen LogP contribution is 2.19. The van der Waals surface area contributed by atoms with Gasteiger partial charge in [0.1, 0.15) is 11.5 Å². The third kappa shape index (κ3) is 13.3. The molecule has 0 atom stereocenters. The van der Waals surface area contributed by atoms with Crippen molar-refractivity contribution in [2.24, 2.45) is 4.99 Å². The Kier molecular flexibility index (Phi) is 15.1. The van der Waals surface area contributed by atoms with Gasteiger partial charge in [0.25, 0.3) is 0 Å². The van der Waals surface area contributed by atoms with Crippen molar-refractivity contribution in [3.8, 4) is 11.5 Å². The molecule has 0 radical (unpaired) electrons. The lowest BCUT2D eigenvalue weighted by atomic mass is 10.0. The lowest BCUT2D eigenvalue weighted by molar-refractivity contribution is -0.134. The van der Waals surface area contributed by atoms with E-state index in [1.165, 1.54) is 76.2 Å². The molecule has 0 heterocycles. The Bertz CT molecular complexity index is 1210. The van der Waals surface area contributed by atoms with Crippen molar-refractivity contribution < 1.29 is 19.1 Å². The predicted octanol–water partition coefficient (Wildman–Crippen LogP) is 10.4. The van der Waals surface area contributed by atoms with Crippen molar-refractivity contribution >= 4 is 23.8 Å². The fraction of sp³-hybridized carbons (Fsp3) is 0.432. The van der Waals surface area contributed by atoms with Crippen LogP contribution in [0.5, 0.6) is 11.5 Å². The van der Waals surface area contributed by atoms with Gasteiger partial charge in [-0.3, -0.25) is 9.79 Å². The zero-order valence-electron chi connectivity index (χ0n) is 25.5. The molecule has 0 amide bonds. The molecule has 0 N–H and O–H groups in total. The van der Waals surface area contributed by atoms with E-state index in [2.05, 4.69) is 11.9 Å². The number of carbonyl (C=O) groups excluding carboxylic acids is 2. The van der Waals surface area contributed by atoms with Gasteiger partial charge in [-0.05, 0) is 79.6 Å². The topological polar surface area (TPSA) is 65.0 Å². The number of benzene rings is 3. The first-order valence-corrected chi connectivity index (χ1v) is 15.8. The minimum absolute atomic E-state index is 0.237. The van der Waals surface area contributed by atoms with Crippen LogP contribution in [0.1, 0.15) is 118 Å². The summed E-state index contributed by atoms with van der Waals surface area (Å²) in [6, 6.07) is 21.6. The van der Waals surface area contributed by atoms with Gasteiger partial charge in [-0.25, -0.2) is 4.79 Å². The van der Waals surface area contributed by atoms with Crippen LogP contribution in [0.25, 0.3) is 0 Å². The van der Waals surface area contributed by atoms with E-state index in [4.69, 9.17) is 9.47 Å². The van der Waals surface area contributed by atoms with E-state index in [9.17, 15) is 9.59 Å². The van der Waals surface area contributed by atoms with Gasteiger partial charge in [0.15, 0.2) is 0 Å². The van der Waals surface area contributed by atoms with Crippen molar-refractivity contribution in [1.82, 2.24) is 0 Å². The molecule has 42 heavy (non-hydrogen) atoms. The van der Waals surface area contributed by atoms with E-state index in [1.807, 2.05) is 43.3 Å². The van der Waals surface area contributed by atoms with Crippen LogP contribution in [-0.4, -0.2) is 18.2 Å². The van der Waals surface area contributed by atoms with Gasteiger partial charge in [0.2, 0.25) is 0 Å². The highest BCUT2D eigenvalue weighted by atomic mass is 16.5. The summed E-state index contributed by atoms with van der Waals surface area (Å²) in [6.45, 7) is 4.30. The molecule has 5 nitrogen and oxygen atoms in total. The van der Waals surface area contributed by atoms with Crippen LogP contribution in [0.2, 0.25) is 0 Å². The summed E-state index contributed by atoms with van der Waals surface area (Å²) in [4.78, 5) is 29.2. The van der Waals surface area contributed by atoms with E-state index in [0.717, 1.165) is 24.1 Å². The monoisotopic (exact) mass is 569 g/mol. The van der Waals surface area contributed by atoms with E-state index in [1.54, 1.807) is 42.6 Å². The highest BCUT2D eigenvalue weighted by Gasteiger charge is 2.10. The highest BCUT2D eigenvalue weighted by molar-refractivity contribution is 5.91. The average Bonchev–Trinajstić information content (AvgIpc) is 3.00. The standard InChI is InChI=1S/C37H47NO4/c1-3-4-5-6-7-8-9-10-11-12-13-14-15-16-36(39)41-34-27-21-32(22-28-34)37(40)42-35-25-19-31(20-26-35)29-38-33-23-17-30(2)18-24-33/h17-29H,3-16H2,1-2H3. The zero-order chi connectivity index (χ0) is 29.8. The van der Waals surface area contributed by atoms with Crippen LogP contribution >= 0.6 is 0 Å². The largest absolute Gasteiger partial charge is 0.427 e. The van der Waals surface area contributed by atoms with Gasteiger partial charge in [0, 0.05) is 12.6 Å². The number of rotatable bonds is 19. The van der Waals surface area contributed by atoms with Crippen LogP contribution in [0, 0.1) is 6.92 Å². The molecule has 0 aromatic heterocycles. The summed E-state index contributed by atoms with van der Waals surface area (Å²) in [7, 11) is 0. The Labute approximate surface area is 252 Å². The fourth-order valence-corrected chi connectivity index (χ4v) is 4.70. The summed E-state index contributed by atoms with van der Waals surface area (Å²) >= 11 is 0. The van der Waals surface area contributed by atoms with E-state index < -0.39 is 5.97 Å². The molecular formula is C37H47NO4. The van der Waals surface area contributed by atoms with Gasteiger partial charge in [-0.2, -0.15) is 0 Å². The molecule has 0 aliphatic heterocycles. The Morgan fingerprint density at radius 2 is 1.12 bits per heavy atom. The normalized spacial score (nSPS) is 11.1. The van der Waals surface area contributed by atoms with Crippen molar-refractivity contribution in [2.75, 3.05) is 0 Å². The zero-order valence-corrected chi connectivity index (χ0v) is 25.5. The molecule has 224 valence electrons. The molecule has 0 fully saturated rings. The predicted molar refractivity (Wildman–Crippen MR) is 172 cm³/mol. The van der Waals surface area contributed by atoms with Crippen LogP contribution in [-0.2, 0) is 4.79 Å². The number of ether oxygens (including phenoxy) is 2. The van der Waals surface area contributed by atoms with Crippen LogP contribution in [0.4, 0.5) is 5.69 Å². The van der Waals surface area contributed by atoms with Gasteiger partial charge >= 0.3 is 11.9 Å². The van der Waals surface area contributed by atoms with E-state index >= 15 is 0 Å². The Morgan fingerprint density at radius 1 is 0.619 bits per heavy atom. The van der Waals surface area contributed by atoms with Crippen molar-refractivity contribution in [3.63, 3.8) is 0 Å². The van der Waals surface area contributed by atoms with Crippen molar-refractivity contribution in [2.45, 2.75) is 104 Å². The molecule has 0 aliphatic rings. The first-order chi connectivity index (χ1) is 20.5. The molecule has 0 spiro atoms. The first kappa shape index (κ1) is 32.8. The fourth-order valence-electron chi connectivity index (χ4n) is 4.70. The second kappa shape index (κ2) is 19.4. The molecule has 3 aromatic carbocycles. The van der Waals surface area contributed by atoms with Crippen LogP contribution in [0.15, 0.2) is 77.8 Å². The molecular weight excluding hydrogens is 522 g/mol. The molecule has 0 bridgehead atoms. The summed E-state index contributed by atoms with van der Waals surface area (Å²) in [5.41, 5.74) is 3.36. The Balaban J connectivity index is 1.28. The van der Waals surface area contributed by atoms with Crippen molar-refractivity contribution in [3.05, 3.63) is 89.5 Å². The number of aryl methyl sites for hydroxylation is 1. The molecule has 0 aliphatic carbocycles. The smallest absolute Gasteiger partial charge is 0.343 e. The minimum atomic E-state index is -0.471. The number of aliphatic imine (C=N–C) groups is 1. The molecule has 0 saturated carbocycles. The number of unbranched alkanes of at least 4 members (excludes halogenated alkanes) is 12. The third-order valence-corrected chi connectivity index (χ3v) is 7.29. The summed E-state index contributed by atoms with van der Waals surface area (Å²) in [5.74, 6) is 0.171. The molecule has 3 rings (SSSR count). The SMILES string of the molecule is CCCCCCCCCCCCCCCC(=O)Oc1ccc(C(=O)Oc2ccc(C=Nc3ccc(C)cc3)cc2)cc1. The average molecular weight is 570 g/mol. The van der Waals surface area contributed by atoms with Crippen molar-refractivity contribution in [1.29, 1.82) is 0 Å². The molecule has 0 unspecified atom stereocenters.